The highest BCUT2D eigenvalue weighted by molar-refractivity contribution is 5.98. The van der Waals surface area contributed by atoms with Gasteiger partial charge in [-0.05, 0) is 128 Å². The first kappa shape index (κ1) is 45.7. The summed E-state index contributed by atoms with van der Waals surface area (Å²) in [4.78, 5) is 10.7. The molecular weight excluding hydrogens is 839 g/mol. The fraction of sp³-hybridized carbons (Fsp3) is 0.262. The molecule has 1 N–H and O–H groups in total. The van der Waals surface area contributed by atoms with E-state index in [2.05, 4.69) is 218 Å². The summed E-state index contributed by atoms with van der Waals surface area (Å²) in [5.41, 5.74) is 18.1. The molecule has 0 bridgehead atoms. The Kier molecular flexibility index (Phi) is 12.0. The fourth-order valence-electron chi connectivity index (χ4n) is 10.5. The van der Waals surface area contributed by atoms with Crippen LogP contribution in [0.4, 0.5) is 0 Å². The maximum atomic E-state index is 11.9. The molecule has 1 fully saturated rings. The number of aromatic nitrogens is 3. The number of rotatable bonds is 10. The Morgan fingerprint density at radius 1 is 0.507 bits per heavy atom. The van der Waals surface area contributed by atoms with Crippen molar-refractivity contribution in [2.24, 2.45) is 5.92 Å². The normalized spacial score (nSPS) is 13.6. The first-order chi connectivity index (χ1) is 33.1. The van der Waals surface area contributed by atoms with Crippen molar-refractivity contribution in [3.8, 4) is 67.5 Å². The quantitative estimate of drug-likeness (QED) is 0.149. The third kappa shape index (κ3) is 9.18. The second kappa shape index (κ2) is 18.1. The van der Waals surface area contributed by atoms with E-state index in [1.807, 2.05) is 18.3 Å². The number of imidazole rings is 1. The van der Waals surface area contributed by atoms with Gasteiger partial charge in [-0.3, -0.25) is 9.55 Å². The lowest BCUT2D eigenvalue weighted by Gasteiger charge is -2.26. The summed E-state index contributed by atoms with van der Waals surface area (Å²) in [6, 6.07) is 61.3. The van der Waals surface area contributed by atoms with E-state index >= 15 is 0 Å². The Morgan fingerprint density at radius 2 is 1.16 bits per heavy atom. The van der Waals surface area contributed by atoms with Gasteiger partial charge in [-0.15, -0.1) is 0 Å². The van der Waals surface area contributed by atoms with Gasteiger partial charge in [-0.25, -0.2) is 4.98 Å². The Hall–Kier alpha value is -7.04. The summed E-state index contributed by atoms with van der Waals surface area (Å²) in [6.45, 7) is 18.1. The summed E-state index contributed by atoms with van der Waals surface area (Å²) in [7, 11) is 0. The van der Waals surface area contributed by atoms with Crippen LogP contribution in [-0.4, -0.2) is 19.6 Å². The van der Waals surface area contributed by atoms with Gasteiger partial charge in [0.05, 0.1) is 28.0 Å². The average molecular weight is 904 g/mol. The number of phenolic OH excluding ortho intramolecular Hbond substituents is 1. The van der Waals surface area contributed by atoms with Crippen LogP contribution in [0, 0.1) is 5.92 Å². The van der Waals surface area contributed by atoms with Gasteiger partial charge < -0.3 is 5.11 Å². The Morgan fingerprint density at radius 3 is 1.90 bits per heavy atom. The smallest absolute Gasteiger partial charge is 0.149 e. The van der Waals surface area contributed by atoms with E-state index in [0.29, 0.717) is 11.4 Å². The van der Waals surface area contributed by atoms with E-state index in [4.69, 9.17) is 9.97 Å². The zero-order chi connectivity index (χ0) is 48.1. The fourth-order valence-corrected chi connectivity index (χ4v) is 10.5. The highest BCUT2D eigenvalue weighted by Crippen LogP contribution is 2.44. The summed E-state index contributed by atoms with van der Waals surface area (Å²) < 4.78 is 2.30. The number of nitrogens with zero attached hydrogens (tertiary/aromatic N) is 3. The molecule has 1 aliphatic carbocycles. The van der Waals surface area contributed by atoms with Crippen molar-refractivity contribution in [2.75, 3.05) is 0 Å². The Bertz CT molecular complexity index is 3300. The van der Waals surface area contributed by atoms with Crippen LogP contribution in [-0.2, 0) is 22.7 Å². The predicted molar refractivity (Wildman–Crippen MR) is 289 cm³/mol. The molecule has 0 aliphatic heterocycles. The lowest BCUT2D eigenvalue weighted by molar-refractivity contribution is 0.475. The van der Waals surface area contributed by atoms with E-state index in [1.165, 1.54) is 47.9 Å². The predicted octanol–water partition coefficient (Wildman–Crippen LogP) is 17.1. The first-order valence-electron chi connectivity index (χ1n) is 24.9. The third-order valence-electron chi connectivity index (χ3n) is 14.8. The summed E-state index contributed by atoms with van der Waals surface area (Å²) in [5, 5.41) is 11.9. The molecule has 9 aromatic rings. The van der Waals surface area contributed by atoms with Gasteiger partial charge in [0.15, 0.2) is 0 Å². The van der Waals surface area contributed by atoms with Gasteiger partial charge in [0.25, 0.3) is 0 Å². The van der Waals surface area contributed by atoms with E-state index in [-0.39, 0.29) is 22.0 Å². The lowest BCUT2D eigenvalue weighted by atomic mass is 9.77. The summed E-state index contributed by atoms with van der Waals surface area (Å²) >= 11 is 0. The molecule has 0 radical (unpaired) electrons. The van der Waals surface area contributed by atoms with E-state index in [1.54, 1.807) is 0 Å². The van der Waals surface area contributed by atoms with Crippen LogP contribution in [0.3, 0.4) is 0 Å². The zero-order valence-corrected chi connectivity index (χ0v) is 41.6. The van der Waals surface area contributed by atoms with Crippen LogP contribution < -0.4 is 0 Å². The molecule has 0 unspecified atom stereocenters. The number of aromatic hydroxyl groups is 1. The van der Waals surface area contributed by atoms with Gasteiger partial charge in [0.1, 0.15) is 11.6 Å². The molecule has 2 aromatic heterocycles. The van der Waals surface area contributed by atoms with Crippen LogP contribution in [0.2, 0.25) is 0 Å². The van der Waals surface area contributed by atoms with Crippen molar-refractivity contribution < 1.29 is 5.11 Å². The highest BCUT2D eigenvalue weighted by Gasteiger charge is 2.27. The van der Waals surface area contributed by atoms with Crippen molar-refractivity contribution in [1.29, 1.82) is 0 Å². The van der Waals surface area contributed by atoms with Gasteiger partial charge in [-0.1, -0.05) is 196 Å². The topological polar surface area (TPSA) is 50.9 Å². The van der Waals surface area contributed by atoms with Gasteiger partial charge >= 0.3 is 0 Å². The molecule has 0 amide bonds. The minimum Gasteiger partial charge on any atom is -0.507 e. The largest absolute Gasteiger partial charge is 0.507 e. The number of pyridine rings is 1. The van der Waals surface area contributed by atoms with Crippen molar-refractivity contribution in [2.45, 2.75) is 104 Å². The monoisotopic (exact) mass is 904 g/mol. The van der Waals surface area contributed by atoms with Gasteiger partial charge in [0, 0.05) is 28.3 Å². The maximum Gasteiger partial charge on any atom is 0.149 e. The molecule has 1 saturated carbocycles. The van der Waals surface area contributed by atoms with Gasteiger partial charge in [0.2, 0.25) is 0 Å². The molecule has 7 aromatic carbocycles. The summed E-state index contributed by atoms with van der Waals surface area (Å²) in [6.07, 6.45) is 8.27. The van der Waals surface area contributed by atoms with E-state index in [9.17, 15) is 5.11 Å². The van der Waals surface area contributed by atoms with Crippen LogP contribution in [0.25, 0.3) is 72.7 Å². The number of fused-ring (bicyclic) bond motifs is 1. The maximum absolute atomic E-state index is 11.9. The first-order valence-corrected chi connectivity index (χ1v) is 24.9. The molecule has 69 heavy (non-hydrogen) atoms. The molecule has 4 heteroatoms. The SMILES string of the molecule is CC(C)(C)c1cc(-c2cc(-c3cccc(C(C)(C)c4ccccc4)c3)ccn2)cc(-c2cccc3c2nc(-c2cc(C(C)(C)C)ccc2O)n3-c2ccc(CC3CCCC3)cc2-c2ccccc2)c1. The number of benzene rings is 7. The number of hydrogen-bond acceptors (Lipinski definition) is 3. The highest BCUT2D eigenvalue weighted by atomic mass is 16.3. The van der Waals surface area contributed by atoms with Crippen LogP contribution in [0.1, 0.15) is 109 Å². The molecule has 2 heterocycles. The van der Waals surface area contributed by atoms with E-state index in [0.717, 1.165) is 79.3 Å². The number of hydrogen-bond donors (Lipinski definition) is 1. The molecule has 0 saturated heterocycles. The van der Waals surface area contributed by atoms with Crippen molar-refractivity contribution >= 4 is 11.0 Å². The minimum atomic E-state index is -0.160. The van der Waals surface area contributed by atoms with Crippen molar-refractivity contribution in [3.63, 3.8) is 0 Å². The minimum absolute atomic E-state index is 0.141. The number of phenols is 1. The van der Waals surface area contributed by atoms with Crippen molar-refractivity contribution in [3.05, 3.63) is 204 Å². The third-order valence-corrected chi connectivity index (χ3v) is 14.8. The molecule has 0 spiro atoms. The second-order valence-corrected chi connectivity index (χ2v) is 22.0. The van der Waals surface area contributed by atoms with Gasteiger partial charge in [-0.2, -0.15) is 0 Å². The number of para-hydroxylation sites is 1. The van der Waals surface area contributed by atoms with Crippen LogP contribution in [0.15, 0.2) is 176 Å². The van der Waals surface area contributed by atoms with Crippen LogP contribution >= 0.6 is 0 Å². The average Bonchev–Trinajstić information content (AvgIpc) is 4.02. The zero-order valence-electron chi connectivity index (χ0n) is 41.6. The Labute approximate surface area is 409 Å². The molecule has 346 valence electrons. The van der Waals surface area contributed by atoms with Crippen molar-refractivity contribution in [1.82, 2.24) is 14.5 Å². The molecule has 0 atom stereocenters. The standard InChI is InChI=1S/C65H65N3O/c1-63(2,3)51-30-32-60(69)56(42-51)62-67-61-54(27-18-28-59(61)68(62)58-31-29-44(35-43-19-15-16-20-43)36-55(58)45-21-11-9-12-22-45)48-37-49(40-53(39-48)64(4,5)6)57-41-47(33-34-66-57)46-23-17-26-52(38-46)65(7,8)50-24-13-10-14-25-50/h9-14,17-18,21-34,36-43,69H,15-16,19-20,35H2,1-8H3. The summed E-state index contributed by atoms with van der Waals surface area (Å²) in [5.74, 6) is 1.64. The molecule has 10 rings (SSSR count). The lowest BCUT2D eigenvalue weighted by Crippen LogP contribution is -2.18. The van der Waals surface area contributed by atoms with Crippen LogP contribution in [0.5, 0.6) is 5.75 Å². The molecule has 4 nitrogen and oxygen atoms in total. The van der Waals surface area contributed by atoms with E-state index < -0.39 is 0 Å². The molecular formula is C65H65N3O. The Balaban J connectivity index is 1.16. The molecule has 1 aliphatic rings. The second-order valence-electron chi connectivity index (χ2n) is 22.0.